The third-order valence-corrected chi connectivity index (χ3v) is 5.29. The molecule has 2 aliphatic carbocycles. The Bertz CT molecular complexity index is 456. The first-order valence-electron chi connectivity index (χ1n) is 8.14. The van der Waals surface area contributed by atoms with Crippen LogP contribution >= 0.6 is 0 Å². The molecule has 2 saturated carbocycles. The molecule has 1 heterocycles. The van der Waals surface area contributed by atoms with Gasteiger partial charge in [-0.25, -0.2) is 0 Å². The molecular formula is C16H27N3O. The van der Waals surface area contributed by atoms with Gasteiger partial charge in [-0.2, -0.15) is 4.98 Å². The van der Waals surface area contributed by atoms with Gasteiger partial charge in [0, 0.05) is 12.0 Å². The van der Waals surface area contributed by atoms with Gasteiger partial charge in [-0.3, -0.25) is 0 Å². The molecule has 4 nitrogen and oxygen atoms in total. The Kier molecular flexibility index (Phi) is 3.85. The third-order valence-electron chi connectivity index (χ3n) is 5.29. The lowest BCUT2D eigenvalue weighted by Crippen LogP contribution is -2.37. The first-order chi connectivity index (χ1) is 9.54. The molecule has 1 aromatic heterocycles. The Labute approximate surface area is 121 Å². The predicted octanol–water partition coefficient (Wildman–Crippen LogP) is 3.67. The van der Waals surface area contributed by atoms with E-state index in [1.807, 2.05) is 0 Å². The molecule has 0 aromatic carbocycles. The SMILES string of the molecule is CC(C)c1noc([C@H](C)N[C@H](C)[C@H]2C[C@H]3CC[C@H]2C3)n1. The van der Waals surface area contributed by atoms with Crippen molar-refractivity contribution in [3.05, 3.63) is 11.7 Å². The molecule has 20 heavy (non-hydrogen) atoms. The molecule has 0 radical (unpaired) electrons. The maximum atomic E-state index is 5.39. The normalized spacial score (nSPS) is 31.9. The van der Waals surface area contributed by atoms with Crippen LogP contribution in [0.15, 0.2) is 4.52 Å². The number of nitrogens with zero attached hydrogens (tertiary/aromatic N) is 2. The van der Waals surface area contributed by atoms with Gasteiger partial charge in [0.05, 0.1) is 6.04 Å². The second kappa shape index (κ2) is 5.47. The number of hydrogen-bond acceptors (Lipinski definition) is 4. The first-order valence-corrected chi connectivity index (χ1v) is 8.14. The molecule has 0 amide bonds. The Balaban J connectivity index is 1.59. The fourth-order valence-electron chi connectivity index (χ4n) is 4.15. The molecule has 0 unspecified atom stereocenters. The Hall–Kier alpha value is -0.900. The summed E-state index contributed by atoms with van der Waals surface area (Å²) in [6.45, 7) is 8.62. The molecule has 112 valence electrons. The number of nitrogens with one attached hydrogen (secondary N) is 1. The highest BCUT2D eigenvalue weighted by molar-refractivity contribution is 4.98. The summed E-state index contributed by atoms with van der Waals surface area (Å²) >= 11 is 0. The summed E-state index contributed by atoms with van der Waals surface area (Å²) in [7, 11) is 0. The van der Waals surface area contributed by atoms with Gasteiger partial charge in [-0.1, -0.05) is 25.4 Å². The maximum Gasteiger partial charge on any atom is 0.243 e. The fraction of sp³-hybridized carbons (Fsp3) is 0.875. The summed E-state index contributed by atoms with van der Waals surface area (Å²) in [6, 6.07) is 0.679. The van der Waals surface area contributed by atoms with Crippen LogP contribution in [0, 0.1) is 17.8 Å². The summed E-state index contributed by atoms with van der Waals surface area (Å²) in [5.74, 6) is 4.64. The van der Waals surface area contributed by atoms with Crippen molar-refractivity contribution < 1.29 is 4.52 Å². The molecule has 1 N–H and O–H groups in total. The highest BCUT2D eigenvalue weighted by atomic mass is 16.5. The van der Waals surface area contributed by atoms with Gasteiger partial charge in [-0.15, -0.1) is 0 Å². The molecule has 5 atom stereocenters. The van der Waals surface area contributed by atoms with E-state index in [1.54, 1.807) is 0 Å². The Morgan fingerprint density at radius 1 is 1.15 bits per heavy atom. The summed E-state index contributed by atoms with van der Waals surface area (Å²) in [4.78, 5) is 4.50. The first kappa shape index (κ1) is 14.1. The molecule has 0 saturated heterocycles. The standard InChI is InChI=1S/C16H27N3O/c1-9(2)15-18-16(20-19-15)11(4)17-10(3)14-8-12-5-6-13(14)7-12/h9-14,17H,5-8H2,1-4H3/t10-,11+,12+,13+,14-/m1/s1. The molecule has 0 aliphatic heterocycles. The van der Waals surface area contributed by atoms with Crippen LogP contribution in [0.25, 0.3) is 0 Å². The molecule has 2 bridgehead atoms. The second-order valence-electron chi connectivity index (χ2n) is 7.16. The van der Waals surface area contributed by atoms with Crippen LogP contribution in [-0.2, 0) is 0 Å². The van der Waals surface area contributed by atoms with E-state index in [2.05, 4.69) is 43.2 Å². The monoisotopic (exact) mass is 277 g/mol. The number of aromatic nitrogens is 2. The van der Waals surface area contributed by atoms with Gasteiger partial charge in [0.25, 0.3) is 0 Å². The zero-order chi connectivity index (χ0) is 14.3. The minimum Gasteiger partial charge on any atom is -0.338 e. The minimum atomic E-state index is 0.143. The molecular weight excluding hydrogens is 250 g/mol. The van der Waals surface area contributed by atoms with Gasteiger partial charge in [0.15, 0.2) is 5.82 Å². The van der Waals surface area contributed by atoms with E-state index in [1.165, 1.54) is 25.7 Å². The van der Waals surface area contributed by atoms with Crippen molar-refractivity contribution in [3.8, 4) is 0 Å². The van der Waals surface area contributed by atoms with E-state index in [4.69, 9.17) is 4.52 Å². The summed E-state index contributed by atoms with van der Waals surface area (Å²) in [6.07, 6.45) is 5.77. The lowest BCUT2D eigenvalue weighted by molar-refractivity contribution is 0.233. The number of rotatable bonds is 5. The van der Waals surface area contributed by atoms with Gasteiger partial charge in [-0.05, 0) is 50.9 Å². The molecule has 1 aromatic rings. The molecule has 2 fully saturated rings. The van der Waals surface area contributed by atoms with Crippen molar-refractivity contribution in [1.29, 1.82) is 0 Å². The minimum absolute atomic E-state index is 0.143. The third kappa shape index (κ3) is 2.62. The Morgan fingerprint density at radius 2 is 1.95 bits per heavy atom. The van der Waals surface area contributed by atoms with Crippen LogP contribution in [0.1, 0.15) is 77.1 Å². The smallest absolute Gasteiger partial charge is 0.243 e. The zero-order valence-electron chi connectivity index (χ0n) is 13.1. The maximum absolute atomic E-state index is 5.39. The van der Waals surface area contributed by atoms with Crippen LogP contribution in [-0.4, -0.2) is 16.2 Å². The number of hydrogen-bond donors (Lipinski definition) is 1. The van der Waals surface area contributed by atoms with Gasteiger partial charge in [0.1, 0.15) is 0 Å². The van der Waals surface area contributed by atoms with Crippen molar-refractivity contribution in [3.63, 3.8) is 0 Å². The lowest BCUT2D eigenvalue weighted by atomic mass is 9.84. The molecule has 0 spiro atoms. The van der Waals surface area contributed by atoms with Crippen molar-refractivity contribution >= 4 is 0 Å². The highest BCUT2D eigenvalue weighted by Crippen LogP contribution is 2.49. The quantitative estimate of drug-likeness (QED) is 0.892. The molecule has 2 aliphatic rings. The van der Waals surface area contributed by atoms with Crippen molar-refractivity contribution in [2.75, 3.05) is 0 Å². The van der Waals surface area contributed by atoms with Crippen LogP contribution in [0.3, 0.4) is 0 Å². The average molecular weight is 277 g/mol. The van der Waals surface area contributed by atoms with E-state index < -0.39 is 0 Å². The topological polar surface area (TPSA) is 51.0 Å². The summed E-state index contributed by atoms with van der Waals surface area (Å²) in [5, 5.41) is 7.73. The molecule has 4 heteroatoms. The van der Waals surface area contributed by atoms with Gasteiger partial charge >= 0.3 is 0 Å². The van der Waals surface area contributed by atoms with E-state index >= 15 is 0 Å². The van der Waals surface area contributed by atoms with E-state index in [-0.39, 0.29) is 6.04 Å². The molecule has 3 rings (SSSR count). The van der Waals surface area contributed by atoms with E-state index in [0.29, 0.717) is 12.0 Å². The van der Waals surface area contributed by atoms with Gasteiger partial charge < -0.3 is 9.84 Å². The van der Waals surface area contributed by atoms with E-state index in [0.717, 1.165) is 29.5 Å². The number of fused-ring (bicyclic) bond motifs is 2. The fourth-order valence-corrected chi connectivity index (χ4v) is 4.15. The largest absolute Gasteiger partial charge is 0.338 e. The van der Waals surface area contributed by atoms with Crippen LogP contribution in [0.2, 0.25) is 0 Å². The lowest BCUT2D eigenvalue weighted by Gasteiger charge is -2.30. The Morgan fingerprint density at radius 3 is 2.50 bits per heavy atom. The van der Waals surface area contributed by atoms with Crippen molar-refractivity contribution in [1.82, 2.24) is 15.5 Å². The summed E-state index contributed by atoms with van der Waals surface area (Å²) < 4.78 is 5.39. The van der Waals surface area contributed by atoms with Gasteiger partial charge in [0.2, 0.25) is 5.89 Å². The van der Waals surface area contributed by atoms with Crippen molar-refractivity contribution in [2.45, 2.75) is 71.4 Å². The summed E-state index contributed by atoms with van der Waals surface area (Å²) in [5.41, 5.74) is 0. The van der Waals surface area contributed by atoms with E-state index in [9.17, 15) is 0 Å². The van der Waals surface area contributed by atoms with Crippen LogP contribution in [0.5, 0.6) is 0 Å². The zero-order valence-corrected chi connectivity index (χ0v) is 13.1. The second-order valence-corrected chi connectivity index (χ2v) is 7.16. The van der Waals surface area contributed by atoms with Crippen LogP contribution in [0.4, 0.5) is 0 Å². The van der Waals surface area contributed by atoms with Crippen molar-refractivity contribution in [2.24, 2.45) is 17.8 Å². The average Bonchev–Trinajstić information content (AvgIpc) is 3.14. The van der Waals surface area contributed by atoms with Crippen LogP contribution < -0.4 is 5.32 Å². The predicted molar refractivity (Wildman–Crippen MR) is 78.3 cm³/mol. The highest BCUT2D eigenvalue weighted by Gasteiger charge is 2.42.